The molecule has 0 bridgehead atoms. The third-order valence-corrected chi connectivity index (χ3v) is 2.25. The van der Waals surface area contributed by atoms with Gasteiger partial charge in [-0.15, -0.1) is 0 Å². The molecule has 1 aromatic rings. The van der Waals surface area contributed by atoms with Crippen molar-refractivity contribution in [3.8, 4) is 11.5 Å². The molecule has 0 aliphatic carbocycles. The van der Waals surface area contributed by atoms with Crippen LogP contribution in [-0.2, 0) is 6.42 Å². The molecule has 1 aliphatic rings. The standard InChI is InChI=1S/C9H11BO4/c1-2-6-3-7(10(11)12)4-8-9(6)14-5-13-8/h3-4,11-12H,2,5H2,1H3. The molecule has 0 saturated heterocycles. The van der Waals surface area contributed by atoms with Crippen molar-refractivity contribution in [3.05, 3.63) is 17.7 Å². The van der Waals surface area contributed by atoms with E-state index in [1.54, 1.807) is 12.1 Å². The van der Waals surface area contributed by atoms with Gasteiger partial charge in [-0.3, -0.25) is 0 Å². The average molecular weight is 194 g/mol. The largest absolute Gasteiger partial charge is 0.488 e. The van der Waals surface area contributed by atoms with Crippen molar-refractivity contribution in [2.75, 3.05) is 6.79 Å². The fourth-order valence-corrected chi connectivity index (χ4v) is 1.52. The highest BCUT2D eigenvalue weighted by molar-refractivity contribution is 6.58. The van der Waals surface area contributed by atoms with E-state index in [-0.39, 0.29) is 6.79 Å². The Balaban J connectivity index is 2.49. The van der Waals surface area contributed by atoms with Crippen LogP contribution in [0, 0.1) is 0 Å². The second-order valence-corrected chi connectivity index (χ2v) is 3.14. The van der Waals surface area contributed by atoms with Crippen molar-refractivity contribution in [2.24, 2.45) is 0 Å². The first-order valence-corrected chi connectivity index (χ1v) is 4.51. The minimum atomic E-state index is -1.46. The summed E-state index contributed by atoms with van der Waals surface area (Å²) in [5.41, 5.74) is 1.37. The van der Waals surface area contributed by atoms with Gasteiger partial charge in [0.1, 0.15) is 0 Å². The Labute approximate surface area is 82.2 Å². The van der Waals surface area contributed by atoms with E-state index in [9.17, 15) is 0 Å². The molecular formula is C9H11BO4. The van der Waals surface area contributed by atoms with Crippen molar-refractivity contribution in [2.45, 2.75) is 13.3 Å². The minimum absolute atomic E-state index is 0.202. The van der Waals surface area contributed by atoms with E-state index in [1.165, 1.54) is 0 Å². The summed E-state index contributed by atoms with van der Waals surface area (Å²) in [6, 6.07) is 3.31. The Kier molecular flexibility index (Phi) is 2.35. The number of fused-ring (bicyclic) bond motifs is 1. The molecule has 0 spiro atoms. The first-order chi connectivity index (χ1) is 6.72. The lowest BCUT2D eigenvalue weighted by molar-refractivity contribution is 0.173. The third kappa shape index (κ3) is 1.45. The fraction of sp³-hybridized carbons (Fsp3) is 0.333. The van der Waals surface area contributed by atoms with Gasteiger partial charge in [-0.2, -0.15) is 0 Å². The normalized spacial score (nSPS) is 13.1. The van der Waals surface area contributed by atoms with Gasteiger partial charge >= 0.3 is 7.12 Å². The Morgan fingerprint density at radius 2 is 2.14 bits per heavy atom. The number of ether oxygens (including phenoxy) is 2. The van der Waals surface area contributed by atoms with Gasteiger partial charge in [0.25, 0.3) is 0 Å². The van der Waals surface area contributed by atoms with E-state index < -0.39 is 7.12 Å². The Morgan fingerprint density at radius 3 is 2.79 bits per heavy atom. The van der Waals surface area contributed by atoms with Crippen LogP contribution in [0.15, 0.2) is 12.1 Å². The zero-order valence-electron chi connectivity index (χ0n) is 7.86. The molecule has 0 aromatic heterocycles. The lowest BCUT2D eigenvalue weighted by Crippen LogP contribution is -2.30. The molecule has 1 aromatic carbocycles. The molecule has 0 atom stereocenters. The summed E-state index contributed by atoms with van der Waals surface area (Å²) in [6.45, 7) is 2.18. The first-order valence-electron chi connectivity index (χ1n) is 4.51. The number of rotatable bonds is 2. The van der Waals surface area contributed by atoms with E-state index >= 15 is 0 Å². The molecule has 0 unspecified atom stereocenters. The van der Waals surface area contributed by atoms with E-state index in [2.05, 4.69) is 0 Å². The Bertz CT molecular complexity index is 351. The maximum Gasteiger partial charge on any atom is 0.488 e. The maximum absolute atomic E-state index is 9.03. The molecule has 2 N–H and O–H groups in total. The zero-order valence-corrected chi connectivity index (χ0v) is 7.86. The first kappa shape index (κ1) is 9.36. The van der Waals surface area contributed by atoms with E-state index in [1.807, 2.05) is 6.92 Å². The highest BCUT2D eigenvalue weighted by atomic mass is 16.7. The monoisotopic (exact) mass is 194 g/mol. The van der Waals surface area contributed by atoms with Crippen molar-refractivity contribution in [1.29, 1.82) is 0 Å². The number of aryl methyl sites for hydroxylation is 1. The van der Waals surface area contributed by atoms with Crippen molar-refractivity contribution >= 4 is 12.6 Å². The Hall–Kier alpha value is -1.20. The number of hydrogen-bond donors (Lipinski definition) is 2. The van der Waals surface area contributed by atoms with Crippen LogP contribution in [0.2, 0.25) is 0 Å². The summed E-state index contributed by atoms with van der Waals surface area (Å²) in [6.07, 6.45) is 0.770. The van der Waals surface area contributed by atoms with Gasteiger partial charge in [0.2, 0.25) is 6.79 Å². The molecule has 0 saturated carbocycles. The molecule has 1 heterocycles. The summed E-state index contributed by atoms with van der Waals surface area (Å²) >= 11 is 0. The summed E-state index contributed by atoms with van der Waals surface area (Å²) in [5, 5.41) is 18.1. The lowest BCUT2D eigenvalue weighted by atomic mass is 9.79. The highest BCUT2D eigenvalue weighted by Crippen LogP contribution is 2.34. The molecule has 0 radical (unpaired) electrons. The second-order valence-electron chi connectivity index (χ2n) is 3.14. The SMILES string of the molecule is CCc1cc(B(O)O)cc2c1OCO2. The number of hydrogen-bond acceptors (Lipinski definition) is 4. The van der Waals surface area contributed by atoms with Crippen LogP contribution in [0.1, 0.15) is 12.5 Å². The summed E-state index contributed by atoms with van der Waals surface area (Å²) in [7, 11) is -1.46. The van der Waals surface area contributed by atoms with Crippen molar-refractivity contribution in [1.82, 2.24) is 0 Å². The van der Waals surface area contributed by atoms with E-state index in [4.69, 9.17) is 19.5 Å². The van der Waals surface area contributed by atoms with Crippen LogP contribution in [0.5, 0.6) is 11.5 Å². The molecule has 2 rings (SSSR count). The lowest BCUT2D eigenvalue weighted by Gasteiger charge is -2.06. The van der Waals surface area contributed by atoms with Crippen LogP contribution in [0.25, 0.3) is 0 Å². The predicted molar refractivity (Wildman–Crippen MR) is 51.8 cm³/mol. The third-order valence-electron chi connectivity index (χ3n) is 2.25. The van der Waals surface area contributed by atoms with Crippen molar-refractivity contribution < 1.29 is 19.5 Å². The molecule has 0 amide bonds. The van der Waals surface area contributed by atoms with Gasteiger partial charge < -0.3 is 19.5 Å². The van der Waals surface area contributed by atoms with Gasteiger partial charge in [-0.25, -0.2) is 0 Å². The average Bonchev–Trinajstić information content (AvgIpc) is 2.63. The van der Waals surface area contributed by atoms with E-state index in [0.717, 1.165) is 17.7 Å². The highest BCUT2D eigenvalue weighted by Gasteiger charge is 2.22. The molecule has 4 nitrogen and oxygen atoms in total. The van der Waals surface area contributed by atoms with E-state index in [0.29, 0.717) is 11.2 Å². The molecular weight excluding hydrogens is 183 g/mol. The van der Waals surface area contributed by atoms with Crippen molar-refractivity contribution in [3.63, 3.8) is 0 Å². The van der Waals surface area contributed by atoms with Crippen LogP contribution in [-0.4, -0.2) is 24.0 Å². The molecule has 1 aliphatic heterocycles. The van der Waals surface area contributed by atoms with Gasteiger partial charge in [0.15, 0.2) is 11.5 Å². The van der Waals surface area contributed by atoms with Crippen LogP contribution in [0.3, 0.4) is 0 Å². The molecule has 5 heteroatoms. The molecule has 14 heavy (non-hydrogen) atoms. The van der Waals surface area contributed by atoms with Gasteiger partial charge in [-0.1, -0.05) is 13.0 Å². The molecule has 74 valence electrons. The zero-order chi connectivity index (χ0) is 10.1. The smallest absolute Gasteiger partial charge is 0.454 e. The fourth-order valence-electron chi connectivity index (χ4n) is 1.52. The Morgan fingerprint density at radius 1 is 1.36 bits per heavy atom. The van der Waals surface area contributed by atoms with Gasteiger partial charge in [-0.05, 0) is 23.5 Å². The molecule has 0 fully saturated rings. The maximum atomic E-state index is 9.03. The van der Waals surface area contributed by atoms with Crippen LogP contribution >= 0.6 is 0 Å². The van der Waals surface area contributed by atoms with Crippen LogP contribution in [0.4, 0.5) is 0 Å². The topological polar surface area (TPSA) is 58.9 Å². The summed E-state index contributed by atoms with van der Waals surface area (Å²) in [5.74, 6) is 1.31. The summed E-state index contributed by atoms with van der Waals surface area (Å²) < 4.78 is 10.5. The summed E-state index contributed by atoms with van der Waals surface area (Å²) in [4.78, 5) is 0. The van der Waals surface area contributed by atoms with Crippen LogP contribution < -0.4 is 14.9 Å². The predicted octanol–water partition coefficient (Wildman–Crippen LogP) is -0.343. The van der Waals surface area contributed by atoms with Gasteiger partial charge in [0.05, 0.1) is 0 Å². The van der Waals surface area contributed by atoms with Gasteiger partial charge in [0, 0.05) is 0 Å². The number of benzene rings is 1. The minimum Gasteiger partial charge on any atom is -0.454 e. The second kappa shape index (κ2) is 3.51. The quantitative estimate of drug-likeness (QED) is 0.632.